The van der Waals surface area contributed by atoms with Crippen LogP contribution in [0.3, 0.4) is 0 Å². The van der Waals surface area contributed by atoms with Crippen LogP contribution in [0.2, 0.25) is 10.0 Å². The van der Waals surface area contributed by atoms with Crippen molar-refractivity contribution >= 4 is 36.7 Å². The predicted octanol–water partition coefficient (Wildman–Crippen LogP) is 7.24. The fourth-order valence-electron chi connectivity index (χ4n) is 3.65. The molecule has 0 atom stereocenters. The lowest BCUT2D eigenvalue weighted by atomic mass is 10.1. The van der Waals surface area contributed by atoms with Gasteiger partial charge in [0.15, 0.2) is 5.69 Å². The number of aromatic amines is 1. The van der Waals surface area contributed by atoms with Crippen molar-refractivity contribution in [3.05, 3.63) is 74.6 Å². The summed E-state index contributed by atoms with van der Waals surface area (Å²) < 4.78 is 72.3. The number of hydrogen-bond acceptors (Lipinski definition) is 6. The Hall–Kier alpha value is -2.82. The van der Waals surface area contributed by atoms with Crippen molar-refractivity contribution < 1.29 is 31.3 Å². The first-order valence-electron chi connectivity index (χ1n) is 10.8. The van der Waals surface area contributed by atoms with Gasteiger partial charge < -0.3 is 9.51 Å². The van der Waals surface area contributed by atoms with Gasteiger partial charge in [-0.2, -0.15) is 18.3 Å². The Morgan fingerprint density at radius 1 is 1.03 bits per heavy atom. The number of nitrogens with one attached hydrogen (secondary N) is 1. The molecular weight excluding hydrogens is 557 g/mol. The first kappa shape index (κ1) is 27.2. The normalized spacial score (nSPS) is 12.3. The van der Waals surface area contributed by atoms with Crippen LogP contribution in [0, 0.1) is 0 Å². The third-order valence-electron chi connectivity index (χ3n) is 5.05. The minimum absolute atomic E-state index is 0.00973. The number of halogens is 5. The van der Waals surface area contributed by atoms with Crippen LogP contribution in [0.5, 0.6) is 5.75 Å². The summed E-state index contributed by atoms with van der Waals surface area (Å²) in [6.07, 6.45) is -4.89. The van der Waals surface area contributed by atoms with Crippen LogP contribution >= 0.6 is 31.0 Å². The van der Waals surface area contributed by atoms with Crippen molar-refractivity contribution in [1.29, 1.82) is 0 Å². The molecule has 0 spiro atoms. The van der Waals surface area contributed by atoms with Gasteiger partial charge in [0.2, 0.25) is 0 Å². The van der Waals surface area contributed by atoms with Gasteiger partial charge in [0.25, 0.3) is 5.56 Å². The molecule has 0 aliphatic heterocycles. The summed E-state index contributed by atoms with van der Waals surface area (Å²) in [5.41, 5.74) is -2.54. The van der Waals surface area contributed by atoms with Gasteiger partial charge in [-0.1, -0.05) is 41.4 Å². The van der Waals surface area contributed by atoms with E-state index in [-0.39, 0.29) is 51.5 Å². The number of aromatic nitrogens is 3. The Kier molecular flexibility index (Phi) is 7.73. The average Bonchev–Trinajstić information content (AvgIpc) is 3.21. The minimum atomic E-state index is -4.89. The third kappa shape index (κ3) is 5.56. The highest BCUT2D eigenvalue weighted by Crippen LogP contribution is 2.51. The van der Waals surface area contributed by atoms with Crippen LogP contribution in [0.15, 0.2) is 53.3 Å². The zero-order valence-corrected chi connectivity index (χ0v) is 21.7. The number of phosphoric ester groups is 1. The van der Waals surface area contributed by atoms with Crippen LogP contribution in [0.25, 0.3) is 28.0 Å². The van der Waals surface area contributed by atoms with Crippen molar-refractivity contribution in [2.45, 2.75) is 20.0 Å². The highest BCUT2D eigenvalue weighted by Gasteiger charge is 2.39. The van der Waals surface area contributed by atoms with E-state index in [1.165, 1.54) is 30.3 Å². The Morgan fingerprint density at radius 2 is 1.70 bits per heavy atom. The zero-order chi connectivity index (χ0) is 27.0. The van der Waals surface area contributed by atoms with E-state index in [9.17, 15) is 22.5 Å². The number of phosphoric acid groups is 1. The Balaban J connectivity index is 2.01. The quantitative estimate of drug-likeness (QED) is 0.222. The highest BCUT2D eigenvalue weighted by molar-refractivity contribution is 7.48. The molecule has 0 saturated heterocycles. The fraction of sp³-hybridized carbons (Fsp3) is 0.217. The second-order valence-corrected chi connectivity index (χ2v) is 9.91. The number of fused-ring (bicyclic) bond motifs is 1. The summed E-state index contributed by atoms with van der Waals surface area (Å²) in [6.45, 7) is 3.20. The molecular formula is C23H19Cl2F3N3O5P. The first-order valence-corrected chi connectivity index (χ1v) is 13.1. The van der Waals surface area contributed by atoms with Crippen LogP contribution in [-0.4, -0.2) is 27.8 Å². The summed E-state index contributed by atoms with van der Waals surface area (Å²) in [6, 6.07) is 11.0. The monoisotopic (exact) mass is 575 g/mol. The van der Waals surface area contributed by atoms with E-state index in [0.29, 0.717) is 0 Å². The van der Waals surface area contributed by atoms with Gasteiger partial charge in [-0.05, 0) is 43.7 Å². The number of rotatable bonds is 8. The lowest BCUT2D eigenvalue weighted by Gasteiger charge is -2.19. The summed E-state index contributed by atoms with van der Waals surface area (Å²) in [7, 11) is -4.07. The Morgan fingerprint density at radius 3 is 2.32 bits per heavy atom. The van der Waals surface area contributed by atoms with E-state index in [2.05, 4.69) is 10.1 Å². The first-order chi connectivity index (χ1) is 17.5. The molecule has 14 heteroatoms. The summed E-state index contributed by atoms with van der Waals surface area (Å²) in [4.78, 5) is 15.1. The molecule has 0 aliphatic rings. The molecule has 196 valence electrons. The van der Waals surface area contributed by atoms with Crippen LogP contribution < -0.4 is 10.1 Å². The maximum Gasteiger partial charge on any atom is 0.530 e. The molecule has 0 unspecified atom stereocenters. The van der Waals surface area contributed by atoms with Crippen molar-refractivity contribution in [3.8, 4) is 28.1 Å². The molecule has 8 nitrogen and oxygen atoms in total. The average molecular weight is 576 g/mol. The molecule has 0 bridgehead atoms. The molecule has 0 saturated carbocycles. The van der Waals surface area contributed by atoms with Crippen molar-refractivity contribution in [2.24, 2.45) is 0 Å². The SMILES string of the molecule is CCOP(=O)(OCC)Oc1ccccc1-c1cc(=O)[nH]c2c(-c3ccc(Cl)c(Cl)c3)c(C(F)(F)F)nn12. The van der Waals surface area contributed by atoms with Crippen LogP contribution in [-0.2, 0) is 19.8 Å². The molecule has 0 amide bonds. The van der Waals surface area contributed by atoms with Gasteiger partial charge in [0.1, 0.15) is 11.4 Å². The molecule has 1 N–H and O–H groups in total. The molecule has 0 aliphatic carbocycles. The van der Waals surface area contributed by atoms with E-state index < -0.39 is 30.8 Å². The molecule has 2 aromatic carbocycles. The second-order valence-electron chi connectivity index (χ2n) is 7.50. The Labute approximate surface area is 218 Å². The smallest absolute Gasteiger partial charge is 0.403 e. The van der Waals surface area contributed by atoms with E-state index >= 15 is 0 Å². The fourth-order valence-corrected chi connectivity index (χ4v) is 5.16. The van der Waals surface area contributed by atoms with Crippen LogP contribution in [0.4, 0.5) is 13.2 Å². The predicted molar refractivity (Wildman–Crippen MR) is 133 cm³/mol. The maximum absolute atomic E-state index is 14.1. The van der Waals surface area contributed by atoms with E-state index in [4.69, 9.17) is 36.8 Å². The standard InChI is InChI=1S/C23H19Cl2F3N3O5P/c1-3-34-37(33,35-4-2)36-18-8-6-5-7-14(18)17-12-19(32)29-22-20(13-9-10-15(24)16(25)11-13)21(23(26,27)28)30-31(17)22/h5-12H,3-4H2,1-2H3,(H,29,32). The summed E-state index contributed by atoms with van der Waals surface area (Å²) in [5.74, 6) is -0.0558. The van der Waals surface area contributed by atoms with Gasteiger partial charge >= 0.3 is 14.0 Å². The number of benzene rings is 2. The molecule has 37 heavy (non-hydrogen) atoms. The lowest BCUT2D eigenvalue weighted by Crippen LogP contribution is -2.11. The number of nitrogens with zero attached hydrogens (tertiary/aromatic N) is 2. The lowest BCUT2D eigenvalue weighted by molar-refractivity contribution is -0.140. The number of H-pyrrole nitrogens is 1. The van der Waals surface area contributed by atoms with Crippen molar-refractivity contribution in [2.75, 3.05) is 13.2 Å². The zero-order valence-electron chi connectivity index (χ0n) is 19.3. The van der Waals surface area contributed by atoms with Gasteiger partial charge in [0, 0.05) is 11.6 Å². The van der Waals surface area contributed by atoms with Gasteiger partial charge in [-0.15, -0.1) is 0 Å². The molecule has 4 rings (SSSR count). The largest absolute Gasteiger partial charge is 0.530 e. The molecule has 2 heterocycles. The van der Waals surface area contributed by atoms with Crippen molar-refractivity contribution in [3.63, 3.8) is 0 Å². The molecule has 4 aromatic rings. The van der Waals surface area contributed by atoms with E-state index in [1.54, 1.807) is 26.0 Å². The van der Waals surface area contributed by atoms with E-state index in [0.717, 1.165) is 10.6 Å². The van der Waals surface area contributed by atoms with Gasteiger partial charge in [-0.25, -0.2) is 9.08 Å². The van der Waals surface area contributed by atoms with Crippen LogP contribution in [0.1, 0.15) is 19.5 Å². The number of alkyl halides is 3. The third-order valence-corrected chi connectivity index (χ3v) is 7.36. The molecule has 0 radical (unpaired) electrons. The minimum Gasteiger partial charge on any atom is -0.403 e. The number of para-hydroxylation sites is 1. The topological polar surface area (TPSA) is 94.9 Å². The molecule has 0 fully saturated rings. The molecule has 2 aromatic heterocycles. The maximum atomic E-state index is 14.1. The van der Waals surface area contributed by atoms with Gasteiger partial charge in [0.05, 0.1) is 34.5 Å². The second kappa shape index (κ2) is 10.5. The van der Waals surface area contributed by atoms with E-state index in [1.807, 2.05) is 0 Å². The number of hydrogen-bond donors (Lipinski definition) is 1. The van der Waals surface area contributed by atoms with Crippen molar-refractivity contribution in [1.82, 2.24) is 14.6 Å². The Bertz CT molecular complexity index is 1560. The summed E-state index contributed by atoms with van der Waals surface area (Å²) >= 11 is 12.0. The highest BCUT2D eigenvalue weighted by atomic mass is 35.5. The summed E-state index contributed by atoms with van der Waals surface area (Å²) in [5, 5.41) is 3.96. The van der Waals surface area contributed by atoms with Gasteiger partial charge in [-0.3, -0.25) is 13.8 Å².